The molecule has 1 aromatic heterocycles. The van der Waals surface area contributed by atoms with E-state index >= 15 is 0 Å². The number of halogens is 1. The molecule has 0 radical (unpaired) electrons. The second-order valence-corrected chi connectivity index (χ2v) is 4.47. The first kappa shape index (κ1) is 8.70. The lowest BCUT2D eigenvalue weighted by molar-refractivity contribution is 0.402. The Morgan fingerprint density at radius 1 is 1.46 bits per heavy atom. The smallest absolute Gasteiger partial charge is 0.122 e. The molecule has 1 aromatic rings. The SMILES string of the molecule is Cc1ccc(C2=CCC(F)C=C2)s1. The number of allylic oxidation sites excluding steroid dienone is 4. The molecule has 1 aliphatic carbocycles. The molecule has 0 N–H and O–H groups in total. The molecule has 0 saturated carbocycles. The number of hydrogen-bond donors (Lipinski definition) is 0. The second-order valence-electron chi connectivity index (χ2n) is 3.18. The summed E-state index contributed by atoms with van der Waals surface area (Å²) in [6.45, 7) is 2.08. The Morgan fingerprint density at radius 3 is 2.85 bits per heavy atom. The molecule has 0 aromatic carbocycles. The van der Waals surface area contributed by atoms with Crippen molar-refractivity contribution >= 4 is 16.9 Å². The van der Waals surface area contributed by atoms with Gasteiger partial charge in [-0.2, -0.15) is 0 Å². The monoisotopic (exact) mass is 194 g/mol. The largest absolute Gasteiger partial charge is 0.243 e. The van der Waals surface area contributed by atoms with Crippen molar-refractivity contribution in [2.45, 2.75) is 19.5 Å². The molecule has 68 valence electrons. The normalized spacial score (nSPS) is 21.7. The van der Waals surface area contributed by atoms with E-state index in [0.717, 1.165) is 5.57 Å². The Hall–Kier alpha value is -0.890. The number of rotatable bonds is 1. The van der Waals surface area contributed by atoms with E-state index in [1.54, 1.807) is 17.4 Å². The summed E-state index contributed by atoms with van der Waals surface area (Å²) in [6, 6.07) is 4.19. The van der Waals surface area contributed by atoms with Gasteiger partial charge in [-0.1, -0.05) is 12.2 Å². The highest BCUT2D eigenvalue weighted by atomic mass is 32.1. The van der Waals surface area contributed by atoms with Gasteiger partial charge in [-0.3, -0.25) is 0 Å². The van der Waals surface area contributed by atoms with Crippen LogP contribution in [0.25, 0.3) is 5.57 Å². The molecule has 1 heterocycles. The standard InChI is InChI=1S/C11H11FS/c1-8-2-7-11(13-8)9-3-5-10(12)6-4-9/h2-5,7,10H,6H2,1H3. The van der Waals surface area contributed by atoms with Crippen molar-refractivity contribution in [1.82, 2.24) is 0 Å². The van der Waals surface area contributed by atoms with Gasteiger partial charge >= 0.3 is 0 Å². The molecule has 2 rings (SSSR count). The molecular formula is C11H11FS. The quantitative estimate of drug-likeness (QED) is 0.639. The highest BCUT2D eigenvalue weighted by Gasteiger charge is 2.08. The highest BCUT2D eigenvalue weighted by Crippen LogP contribution is 2.28. The van der Waals surface area contributed by atoms with Gasteiger partial charge < -0.3 is 0 Å². The van der Waals surface area contributed by atoms with Gasteiger partial charge in [0.2, 0.25) is 0 Å². The molecular weight excluding hydrogens is 183 g/mol. The number of aryl methyl sites for hydroxylation is 1. The fourth-order valence-corrected chi connectivity index (χ4v) is 2.25. The molecule has 0 aliphatic heterocycles. The van der Waals surface area contributed by atoms with Crippen LogP contribution in [0.5, 0.6) is 0 Å². The van der Waals surface area contributed by atoms with Crippen molar-refractivity contribution in [1.29, 1.82) is 0 Å². The Kier molecular flexibility index (Phi) is 2.32. The minimum absolute atomic E-state index is 0.517. The third kappa shape index (κ3) is 1.89. The molecule has 0 bridgehead atoms. The Labute approximate surface area is 81.4 Å². The van der Waals surface area contributed by atoms with Crippen LogP contribution in [0.15, 0.2) is 30.4 Å². The van der Waals surface area contributed by atoms with Gasteiger partial charge in [-0.15, -0.1) is 11.3 Å². The van der Waals surface area contributed by atoms with Gasteiger partial charge in [0.1, 0.15) is 6.17 Å². The minimum Gasteiger partial charge on any atom is -0.243 e. The van der Waals surface area contributed by atoms with Crippen LogP contribution in [0.2, 0.25) is 0 Å². The van der Waals surface area contributed by atoms with E-state index in [1.807, 2.05) is 12.2 Å². The van der Waals surface area contributed by atoms with E-state index in [2.05, 4.69) is 19.1 Å². The average Bonchev–Trinajstić information content (AvgIpc) is 2.53. The molecule has 1 atom stereocenters. The topological polar surface area (TPSA) is 0 Å². The van der Waals surface area contributed by atoms with Gasteiger partial charge in [-0.05, 0) is 30.7 Å². The van der Waals surface area contributed by atoms with Crippen molar-refractivity contribution < 1.29 is 4.39 Å². The fourth-order valence-electron chi connectivity index (χ4n) is 1.37. The maximum Gasteiger partial charge on any atom is 0.122 e. The zero-order chi connectivity index (χ0) is 9.26. The predicted molar refractivity (Wildman–Crippen MR) is 55.7 cm³/mol. The molecule has 0 amide bonds. The average molecular weight is 194 g/mol. The Balaban J connectivity index is 2.24. The summed E-state index contributed by atoms with van der Waals surface area (Å²) < 4.78 is 12.7. The van der Waals surface area contributed by atoms with Crippen LogP contribution in [0, 0.1) is 6.92 Å². The van der Waals surface area contributed by atoms with Gasteiger partial charge in [0.15, 0.2) is 0 Å². The van der Waals surface area contributed by atoms with Gasteiger partial charge in [-0.25, -0.2) is 4.39 Å². The maximum absolute atomic E-state index is 12.7. The summed E-state index contributed by atoms with van der Waals surface area (Å²) in [4.78, 5) is 2.53. The van der Waals surface area contributed by atoms with Crippen LogP contribution in [0.3, 0.4) is 0 Å². The van der Waals surface area contributed by atoms with E-state index in [0.29, 0.717) is 6.42 Å². The molecule has 0 saturated heterocycles. The van der Waals surface area contributed by atoms with E-state index < -0.39 is 6.17 Å². The third-order valence-corrected chi connectivity index (χ3v) is 3.12. The lowest BCUT2D eigenvalue weighted by Crippen LogP contribution is -1.97. The van der Waals surface area contributed by atoms with Crippen molar-refractivity contribution in [2.24, 2.45) is 0 Å². The van der Waals surface area contributed by atoms with E-state index in [4.69, 9.17) is 0 Å². The van der Waals surface area contributed by atoms with Crippen LogP contribution in [0.4, 0.5) is 4.39 Å². The summed E-state index contributed by atoms with van der Waals surface area (Å²) in [6.07, 6.45) is 5.20. The Bertz CT molecular complexity index is 360. The van der Waals surface area contributed by atoms with E-state index in [-0.39, 0.29) is 0 Å². The summed E-state index contributed by atoms with van der Waals surface area (Å²) in [5, 5.41) is 0. The van der Waals surface area contributed by atoms with Crippen LogP contribution < -0.4 is 0 Å². The lowest BCUT2D eigenvalue weighted by atomic mass is 10.1. The van der Waals surface area contributed by atoms with Crippen LogP contribution >= 0.6 is 11.3 Å². The van der Waals surface area contributed by atoms with E-state index in [9.17, 15) is 4.39 Å². The lowest BCUT2D eigenvalue weighted by Gasteiger charge is -2.07. The van der Waals surface area contributed by atoms with Crippen LogP contribution in [-0.4, -0.2) is 6.17 Å². The van der Waals surface area contributed by atoms with Crippen molar-refractivity contribution in [2.75, 3.05) is 0 Å². The minimum atomic E-state index is -0.787. The van der Waals surface area contributed by atoms with Crippen LogP contribution in [-0.2, 0) is 0 Å². The Morgan fingerprint density at radius 2 is 2.31 bits per heavy atom. The van der Waals surface area contributed by atoms with Crippen LogP contribution in [0.1, 0.15) is 16.2 Å². The number of thiophene rings is 1. The highest BCUT2D eigenvalue weighted by molar-refractivity contribution is 7.13. The number of hydrogen-bond acceptors (Lipinski definition) is 1. The first-order valence-corrected chi connectivity index (χ1v) is 5.16. The van der Waals surface area contributed by atoms with Crippen molar-refractivity contribution in [3.63, 3.8) is 0 Å². The second kappa shape index (κ2) is 3.46. The summed E-state index contributed by atoms with van der Waals surface area (Å²) >= 11 is 1.75. The maximum atomic E-state index is 12.7. The molecule has 1 unspecified atom stereocenters. The molecule has 0 spiro atoms. The molecule has 0 nitrogen and oxygen atoms in total. The summed E-state index contributed by atoms with van der Waals surface area (Å²) in [5.74, 6) is 0. The zero-order valence-electron chi connectivity index (χ0n) is 7.46. The van der Waals surface area contributed by atoms with E-state index in [1.165, 1.54) is 9.75 Å². The first-order chi connectivity index (χ1) is 6.25. The molecule has 13 heavy (non-hydrogen) atoms. The third-order valence-electron chi connectivity index (χ3n) is 2.07. The fraction of sp³-hybridized carbons (Fsp3) is 0.273. The van der Waals surface area contributed by atoms with Crippen molar-refractivity contribution in [3.05, 3.63) is 40.1 Å². The zero-order valence-corrected chi connectivity index (χ0v) is 8.27. The molecule has 0 fully saturated rings. The van der Waals surface area contributed by atoms with Gasteiger partial charge in [0.25, 0.3) is 0 Å². The molecule has 1 aliphatic rings. The molecule has 2 heteroatoms. The van der Waals surface area contributed by atoms with Gasteiger partial charge in [0.05, 0.1) is 0 Å². The predicted octanol–water partition coefficient (Wildman–Crippen LogP) is 3.74. The van der Waals surface area contributed by atoms with Gasteiger partial charge in [0, 0.05) is 16.2 Å². The summed E-state index contributed by atoms with van der Waals surface area (Å²) in [5.41, 5.74) is 1.16. The first-order valence-electron chi connectivity index (χ1n) is 4.35. The van der Waals surface area contributed by atoms with Crippen molar-refractivity contribution in [3.8, 4) is 0 Å². The summed E-state index contributed by atoms with van der Waals surface area (Å²) in [7, 11) is 0. The number of alkyl halides is 1.